The minimum Gasteiger partial charge on any atom is -0.465 e. The maximum atomic E-state index is 5.79. The Morgan fingerprint density at radius 2 is 2.39 bits per heavy atom. The van der Waals surface area contributed by atoms with Crippen molar-refractivity contribution in [3.05, 3.63) is 23.2 Å². The van der Waals surface area contributed by atoms with E-state index in [0.717, 1.165) is 37.2 Å². The Bertz CT molecular complexity index is 372. The van der Waals surface area contributed by atoms with E-state index in [1.165, 1.54) is 23.5 Å². The summed E-state index contributed by atoms with van der Waals surface area (Å²) in [5.74, 6) is 4.71. The molecule has 2 rings (SSSR count). The van der Waals surface area contributed by atoms with Gasteiger partial charge in [0.05, 0.1) is 6.54 Å². The number of furan rings is 1. The van der Waals surface area contributed by atoms with E-state index in [1.54, 1.807) is 0 Å². The van der Waals surface area contributed by atoms with E-state index in [9.17, 15) is 0 Å². The lowest BCUT2D eigenvalue weighted by atomic mass is 10.2. The summed E-state index contributed by atoms with van der Waals surface area (Å²) >= 11 is 2.07. The molecule has 0 amide bonds. The molecule has 1 unspecified atom stereocenters. The summed E-state index contributed by atoms with van der Waals surface area (Å²) in [5.41, 5.74) is 1.34. The van der Waals surface area contributed by atoms with E-state index in [1.807, 2.05) is 0 Å². The molecule has 0 aromatic carbocycles. The van der Waals surface area contributed by atoms with Crippen molar-refractivity contribution in [2.24, 2.45) is 0 Å². The number of rotatable bonds is 6. The smallest absolute Gasteiger partial charge is 0.118 e. The summed E-state index contributed by atoms with van der Waals surface area (Å²) in [6.07, 6.45) is 1.32. The van der Waals surface area contributed by atoms with Crippen LogP contribution in [0.1, 0.15) is 30.4 Å². The van der Waals surface area contributed by atoms with Crippen molar-refractivity contribution in [3.8, 4) is 0 Å². The van der Waals surface area contributed by atoms with E-state index in [-0.39, 0.29) is 0 Å². The fourth-order valence-corrected chi connectivity index (χ4v) is 3.65. The van der Waals surface area contributed by atoms with E-state index in [0.29, 0.717) is 0 Å². The Hall–Kier alpha value is -0.450. The Balaban J connectivity index is 1.93. The highest BCUT2D eigenvalue weighted by molar-refractivity contribution is 7.99. The van der Waals surface area contributed by atoms with E-state index < -0.39 is 0 Å². The molecule has 1 atom stereocenters. The average molecular weight is 268 g/mol. The fourth-order valence-electron chi connectivity index (χ4n) is 2.35. The zero-order chi connectivity index (χ0) is 13.0. The predicted molar refractivity (Wildman–Crippen MR) is 78.0 cm³/mol. The molecule has 3 nitrogen and oxygen atoms in total. The molecule has 1 aromatic heterocycles. The summed E-state index contributed by atoms with van der Waals surface area (Å²) in [5, 5.41) is 3.30. The highest BCUT2D eigenvalue weighted by Crippen LogP contribution is 2.24. The first kappa shape index (κ1) is 14.0. The van der Waals surface area contributed by atoms with Crippen LogP contribution in [0.2, 0.25) is 0 Å². The van der Waals surface area contributed by atoms with Crippen LogP contribution in [0.3, 0.4) is 0 Å². The first-order chi connectivity index (χ1) is 8.70. The summed E-state index contributed by atoms with van der Waals surface area (Å²) in [6, 6.07) is 2.94. The number of nitrogens with zero attached hydrogens (tertiary/aromatic N) is 1. The molecule has 0 radical (unpaired) electrons. The van der Waals surface area contributed by atoms with Crippen molar-refractivity contribution in [2.75, 3.05) is 25.1 Å². The first-order valence-electron chi connectivity index (χ1n) is 6.77. The summed E-state index contributed by atoms with van der Waals surface area (Å²) in [7, 11) is 2.23. The summed E-state index contributed by atoms with van der Waals surface area (Å²) < 4.78 is 5.79. The van der Waals surface area contributed by atoms with Gasteiger partial charge in [0.25, 0.3) is 0 Å². The van der Waals surface area contributed by atoms with Gasteiger partial charge in [0.15, 0.2) is 0 Å². The third-order valence-electron chi connectivity index (χ3n) is 3.57. The SMILES string of the molecule is CCNCc1cc(CN(C)C2CCSC2)c(C)o1. The first-order valence-corrected chi connectivity index (χ1v) is 7.93. The average Bonchev–Trinajstić information content (AvgIpc) is 2.97. The molecule has 0 bridgehead atoms. The topological polar surface area (TPSA) is 28.4 Å². The van der Waals surface area contributed by atoms with Crippen LogP contribution in [-0.4, -0.2) is 36.0 Å². The van der Waals surface area contributed by atoms with Gasteiger partial charge in [-0.25, -0.2) is 0 Å². The lowest BCUT2D eigenvalue weighted by Gasteiger charge is -2.22. The molecule has 0 spiro atoms. The molecule has 18 heavy (non-hydrogen) atoms. The molecule has 1 N–H and O–H groups in total. The van der Waals surface area contributed by atoms with Gasteiger partial charge in [0.2, 0.25) is 0 Å². The van der Waals surface area contributed by atoms with Crippen molar-refractivity contribution in [1.29, 1.82) is 0 Å². The van der Waals surface area contributed by atoms with E-state index in [2.05, 4.69) is 48.9 Å². The molecule has 0 saturated carbocycles. The Labute approximate surface area is 114 Å². The molecule has 1 aliphatic rings. The zero-order valence-corrected chi connectivity index (χ0v) is 12.5. The molecule has 1 aliphatic heterocycles. The van der Waals surface area contributed by atoms with Crippen molar-refractivity contribution in [2.45, 2.75) is 39.4 Å². The van der Waals surface area contributed by atoms with Gasteiger partial charge >= 0.3 is 0 Å². The molecule has 0 aliphatic carbocycles. The molecule has 2 heterocycles. The lowest BCUT2D eigenvalue weighted by Crippen LogP contribution is -2.30. The highest BCUT2D eigenvalue weighted by Gasteiger charge is 2.21. The maximum Gasteiger partial charge on any atom is 0.118 e. The largest absolute Gasteiger partial charge is 0.465 e. The Morgan fingerprint density at radius 1 is 1.56 bits per heavy atom. The van der Waals surface area contributed by atoms with Crippen LogP contribution in [0.25, 0.3) is 0 Å². The molecule has 4 heteroatoms. The second-order valence-electron chi connectivity index (χ2n) is 5.01. The van der Waals surface area contributed by atoms with Gasteiger partial charge in [-0.3, -0.25) is 4.90 Å². The van der Waals surface area contributed by atoms with Gasteiger partial charge < -0.3 is 9.73 Å². The summed E-state index contributed by atoms with van der Waals surface area (Å²) in [4.78, 5) is 2.47. The van der Waals surface area contributed by atoms with Gasteiger partial charge in [0, 0.05) is 23.9 Å². The van der Waals surface area contributed by atoms with E-state index >= 15 is 0 Å². The quantitative estimate of drug-likeness (QED) is 0.858. The van der Waals surface area contributed by atoms with Gasteiger partial charge in [-0.15, -0.1) is 0 Å². The molecule has 1 aromatic rings. The van der Waals surface area contributed by atoms with Gasteiger partial charge in [-0.2, -0.15) is 11.8 Å². The molecule has 1 fully saturated rings. The van der Waals surface area contributed by atoms with Crippen LogP contribution in [-0.2, 0) is 13.1 Å². The Morgan fingerprint density at radius 3 is 3.06 bits per heavy atom. The van der Waals surface area contributed by atoms with Crippen LogP contribution < -0.4 is 5.32 Å². The van der Waals surface area contributed by atoms with Gasteiger partial charge in [-0.1, -0.05) is 6.92 Å². The molecular formula is C14H24N2OS. The van der Waals surface area contributed by atoms with Crippen LogP contribution in [0.15, 0.2) is 10.5 Å². The maximum absolute atomic E-state index is 5.79. The monoisotopic (exact) mass is 268 g/mol. The fraction of sp³-hybridized carbons (Fsp3) is 0.714. The van der Waals surface area contributed by atoms with Crippen LogP contribution in [0, 0.1) is 6.92 Å². The van der Waals surface area contributed by atoms with Crippen LogP contribution in [0.4, 0.5) is 0 Å². The Kier molecular flexibility index (Phi) is 5.15. The van der Waals surface area contributed by atoms with Crippen molar-refractivity contribution in [1.82, 2.24) is 10.2 Å². The molecule has 1 saturated heterocycles. The van der Waals surface area contributed by atoms with Crippen molar-refractivity contribution in [3.63, 3.8) is 0 Å². The van der Waals surface area contributed by atoms with Crippen LogP contribution in [0.5, 0.6) is 0 Å². The van der Waals surface area contributed by atoms with E-state index in [4.69, 9.17) is 4.42 Å². The van der Waals surface area contributed by atoms with Gasteiger partial charge in [0.1, 0.15) is 11.5 Å². The zero-order valence-electron chi connectivity index (χ0n) is 11.7. The molecular weight excluding hydrogens is 244 g/mol. The standard InChI is InChI=1S/C14H24N2OS/c1-4-15-8-14-7-12(11(2)17-14)9-16(3)13-5-6-18-10-13/h7,13,15H,4-6,8-10H2,1-3H3. The second-order valence-corrected chi connectivity index (χ2v) is 6.16. The highest BCUT2D eigenvalue weighted by atomic mass is 32.2. The number of nitrogens with one attached hydrogen (secondary N) is 1. The third-order valence-corrected chi connectivity index (χ3v) is 4.71. The van der Waals surface area contributed by atoms with Crippen molar-refractivity contribution >= 4 is 11.8 Å². The number of hydrogen-bond donors (Lipinski definition) is 1. The third kappa shape index (κ3) is 3.53. The second kappa shape index (κ2) is 6.64. The lowest BCUT2D eigenvalue weighted by molar-refractivity contribution is 0.253. The van der Waals surface area contributed by atoms with Crippen LogP contribution >= 0.6 is 11.8 Å². The summed E-state index contributed by atoms with van der Waals surface area (Å²) in [6.45, 7) is 7.01. The normalized spacial score (nSPS) is 19.9. The number of aryl methyl sites for hydroxylation is 1. The number of hydrogen-bond acceptors (Lipinski definition) is 4. The predicted octanol–water partition coefficient (Wildman–Crippen LogP) is 2.63. The minimum absolute atomic E-state index is 0.738. The van der Waals surface area contributed by atoms with Gasteiger partial charge in [-0.05, 0) is 38.8 Å². The number of thioether (sulfide) groups is 1. The van der Waals surface area contributed by atoms with Crippen molar-refractivity contribution < 1.29 is 4.42 Å². The molecule has 102 valence electrons. The minimum atomic E-state index is 0.738.